The van der Waals surface area contributed by atoms with Gasteiger partial charge in [0.25, 0.3) is 0 Å². The molecule has 24 heavy (non-hydrogen) atoms. The first kappa shape index (κ1) is 17.0. The molecule has 0 spiro atoms. The van der Waals surface area contributed by atoms with Crippen LogP contribution in [0, 0.1) is 11.7 Å². The second kappa shape index (κ2) is 7.83. The van der Waals surface area contributed by atoms with Crippen molar-refractivity contribution in [3.8, 4) is 5.75 Å². The molecule has 1 N–H and O–H groups in total. The molecule has 0 aromatic heterocycles. The summed E-state index contributed by atoms with van der Waals surface area (Å²) in [6.45, 7) is 2.14. The molecule has 1 atom stereocenters. The summed E-state index contributed by atoms with van der Waals surface area (Å²) in [5, 5.41) is 2.86. The average molecular weight is 336 g/mol. The SMILES string of the molecule is COc1cc(NC(=O)N(CC2CCC2)C[C@H]2CCCO2)ccc1F. The van der Waals surface area contributed by atoms with Crippen LogP contribution in [0.5, 0.6) is 5.75 Å². The molecule has 1 aromatic rings. The van der Waals surface area contributed by atoms with E-state index >= 15 is 0 Å². The molecule has 2 aliphatic rings. The van der Waals surface area contributed by atoms with Crippen molar-refractivity contribution in [1.82, 2.24) is 4.90 Å². The fourth-order valence-corrected chi connectivity index (χ4v) is 3.20. The number of urea groups is 1. The zero-order valence-corrected chi connectivity index (χ0v) is 14.1. The highest BCUT2D eigenvalue weighted by atomic mass is 19.1. The van der Waals surface area contributed by atoms with E-state index in [-0.39, 0.29) is 17.9 Å². The van der Waals surface area contributed by atoms with Gasteiger partial charge in [-0.1, -0.05) is 6.42 Å². The van der Waals surface area contributed by atoms with Crippen LogP contribution in [-0.2, 0) is 4.74 Å². The lowest BCUT2D eigenvalue weighted by Crippen LogP contribution is -2.44. The number of ether oxygens (including phenoxy) is 2. The minimum absolute atomic E-state index is 0.123. The van der Waals surface area contributed by atoms with Crippen LogP contribution in [0.25, 0.3) is 0 Å². The third-order valence-corrected chi connectivity index (χ3v) is 4.84. The summed E-state index contributed by atoms with van der Waals surface area (Å²) in [6.07, 6.45) is 5.78. The summed E-state index contributed by atoms with van der Waals surface area (Å²) in [5.74, 6) is 0.263. The van der Waals surface area contributed by atoms with Gasteiger partial charge in [-0.05, 0) is 43.7 Å². The van der Waals surface area contributed by atoms with Gasteiger partial charge in [-0.25, -0.2) is 9.18 Å². The molecule has 1 aliphatic heterocycles. The second-order valence-corrected chi connectivity index (χ2v) is 6.62. The Morgan fingerprint density at radius 2 is 2.17 bits per heavy atom. The number of hydrogen-bond acceptors (Lipinski definition) is 3. The first-order valence-electron chi connectivity index (χ1n) is 8.67. The number of carbonyl (C=O) groups is 1. The highest BCUT2D eigenvalue weighted by molar-refractivity contribution is 5.89. The van der Waals surface area contributed by atoms with Crippen LogP contribution >= 0.6 is 0 Å². The molecule has 2 fully saturated rings. The van der Waals surface area contributed by atoms with Crippen LogP contribution in [0.3, 0.4) is 0 Å². The number of anilines is 1. The Hall–Kier alpha value is -1.82. The van der Waals surface area contributed by atoms with Gasteiger partial charge < -0.3 is 19.7 Å². The molecule has 1 aliphatic carbocycles. The topological polar surface area (TPSA) is 50.8 Å². The van der Waals surface area contributed by atoms with Crippen molar-refractivity contribution in [3.05, 3.63) is 24.0 Å². The van der Waals surface area contributed by atoms with Crippen LogP contribution < -0.4 is 10.1 Å². The Bertz CT molecular complexity index is 571. The molecule has 3 rings (SSSR count). The van der Waals surface area contributed by atoms with Gasteiger partial charge in [-0.2, -0.15) is 0 Å². The molecule has 132 valence electrons. The summed E-state index contributed by atoms with van der Waals surface area (Å²) >= 11 is 0. The van der Waals surface area contributed by atoms with Gasteiger partial charge in [-0.15, -0.1) is 0 Å². The van der Waals surface area contributed by atoms with Gasteiger partial charge in [0.1, 0.15) is 0 Å². The highest BCUT2D eigenvalue weighted by Crippen LogP contribution is 2.28. The standard InChI is InChI=1S/C18H25FN2O3/c1-23-17-10-14(7-8-16(17)19)20-18(22)21(11-13-4-2-5-13)12-15-6-3-9-24-15/h7-8,10,13,15H,2-6,9,11-12H2,1H3,(H,20,22)/t15-/m1/s1. The quantitative estimate of drug-likeness (QED) is 0.863. The number of carbonyl (C=O) groups excluding carboxylic acids is 1. The van der Waals surface area contributed by atoms with E-state index in [2.05, 4.69) is 5.32 Å². The van der Waals surface area contributed by atoms with E-state index in [9.17, 15) is 9.18 Å². The van der Waals surface area contributed by atoms with Crippen molar-refractivity contribution in [2.75, 3.05) is 32.1 Å². The molecular weight excluding hydrogens is 311 g/mol. The van der Waals surface area contributed by atoms with E-state index in [0.29, 0.717) is 18.2 Å². The molecular formula is C18H25FN2O3. The Kier molecular flexibility index (Phi) is 5.56. The lowest BCUT2D eigenvalue weighted by atomic mass is 9.85. The number of methoxy groups -OCH3 is 1. The van der Waals surface area contributed by atoms with Gasteiger partial charge in [0.05, 0.1) is 13.2 Å². The van der Waals surface area contributed by atoms with Crippen LogP contribution in [0.1, 0.15) is 32.1 Å². The number of nitrogens with one attached hydrogen (secondary N) is 1. The number of amides is 2. The summed E-state index contributed by atoms with van der Waals surface area (Å²) in [4.78, 5) is 14.5. The molecule has 1 saturated heterocycles. The first-order valence-corrected chi connectivity index (χ1v) is 8.67. The van der Waals surface area contributed by atoms with E-state index < -0.39 is 5.82 Å². The van der Waals surface area contributed by atoms with Crippen molar-refractivity contribution in [2.24, 2.45) is 5.92 Å². The highest BCUT2D eigenvalue weighted by Gasteiger charge is 2.27. The molecule has 1 aromatic carbocycles. The Morgan fingerprint density at radius 1 is 1.33 bits per heavy atom. The molecule has 0 unspecified atom stereocenters. The predicted molar refractivity (Wildman–Crippen MR) is 89.9 cm³/mol. The Balaban J connectivity index is 1.64. The number of hydrogen-bond donors (Lipinski definition) is 1. The third-order valence-electron chi connectivity index (χ3n) is 4.84. The van der Waals surface area contributed by atoms with Crippen molar-refractivity contribution >= 4 is 11.7 Å². The smallest absolute Gasteiger partial charge is 0.321 e. The maximum atomic E-state index is 13.5. The molecule has 6 heteroatoms. The minimum atomic E-state index is -0.443. The average Bonchev–Trinajstić information content (AvgIpc) is 3.04. The van der Waals surface area contributed by atoms with Gasteiger partial charge >= 0.3 is 6.03 Å². The van der Waals surface area contributed by atoms with Crippen molar-refractivity contribution in [1.29, 1.82) is 0 Å². The molecule has 5 nitrogen and oxygen atoms in total. The number of nitrogens with zero attached hydrogens (tertiary/aromatic N) is 1. The maximum absolute atomic E-state index is 13.5. The van der Waals surface area contributed by atoms with Crippen LogP contribution in [0.2, 0.25) is 0 Å². The number of halogens is 1. The lowest BCUT2D eigenvalue weighted by Gasteiger charge is -2.33. The normalized spacial score (nSPS) is 20.5. The first-order chi connectivity index (χ1) is 11.7. The zero-order chi connectivity index (χ0) is 16.9. The summed E-state index contributed by atoms with van der Waals surface area (Å²) in [7, 11) is 1.41. The van der Waals surface area contributed by atoms with Crippen LogP contribution in [0.15, 0.2) is 18.2 Å². The predicted octanol–water partition coefficient (Wildman–Crippen LogP) is 3.65. The lowest BCUT2D eigenvalue weighted by molar-refractivity contribution is 0.0748. The molecule has 2 amide bonds. The van der Waals surface area contributed by atoms with Crippen LogP contribution in [0.4, 0.5) is 14.9 Å². The molecule has 1 saturated carbocycles. The monoisotopic (exact) mass is 336 g/mol. The number of benzene rings is 1. The maximum Gasteiger partial charge on any atom is 0.321 e. The van der Waals surface area contributed by atoms with E-state index in [1.54, 1.807) is 6.07 Å². The van der Waals surface area contributed by atoms with Crippen molar-refractivity contribution < 1.29 is 18.7 Å². The molecule has 0 bridgehead atoms. The van der Waals surface area contributed by atoms with Crippen molar-refractivity contribution in [2.45, 2.75) is 38.2 Å². The molecule has 1 heterocycles. The van der Waals surface area contributed by atoms with Gasteiger partial charge in [-0.3, -0.25) is 0 Å². The fourth-order valence-electron chi connectivity index (χ4n) is 3.20. The Labute approximate surface area is 142 Å². The van der Waals surface area contributed by atoms with Crippen molar-refractivity contribution in [3.63, 3.8) is 0 Å². The minimum Gasteiger partial charge on any atom is -0.494 e. The van der Waals surface area contributed by atoms with E-state index in [1.165, 1.54) is 38.5 Å². The summed E-state index contributed by atoms with van der Waals surface area (Å²) in [6, 6.07) is 4.18. The van der Waals surface area contributed by atoms with Gasteiger partial charge in [0.15, 0.2) is 11.6 Å². The second-order valence-electron chi connectivity index (χ2n) is 6.62. The fraction of sp³-hybridized carbons (Fsp3) is 0.611. The summed E-state index contributed by atoms with van der Waals surface area (Å²) in [5.41, 5.74) is 0.532. The van der Waals surface area contributed by atoms with E-state index in [0.717, 1.165) is 26.0 Å². The van der Waals surface area contributed by atoms with Gasteiger partial charge in [0.2, 0.25) is 0 Å². The van der Waals surface area contributed by atoms with E-state index in [4.69, 9.17) is 9.47 Å². The van der Waals surface area contributed by atoms with Crippen LogP contribution in [-0.4, -0.2) is 43.8 Å². The van der Waals surface area contributed by atoms with Gasteiger partial charge in [0, 0.05) is 31.5 Å². The third kappa shape index (κ3) is 4.17. The Morgan fingerprint density at radius 3 is 2.79 bits per heavy atom. The molecule has 0 radical (unpaired) electrons. The summed E-state index contributed by atoms with van der Waals surface area (Å²) < 4.78 is 24.1. The largest absolute Gasteiger partial charge is 0.494 e. The zero-order valence-electron chi connectivity index (χ0n) is 14.1. The van der Waals surface area contributed by atoms with E-state index in [1.807, 2.05) is 4.90 Å². The number of rotatable bonds is 6.